The highest BCUT2D eigenvalue weighted by atomic mass is 32.2. The van der Waals surface area contributed by atoms with Gasteiger partial charge in [-0.1, -0.05) is 79.2 Å². The monoisotopic (exact) mass is 412 g/mol. The second-order valence-electron chi connectivity index (χ2n) is 6.51. The molecule has 0 N–H and O–H groups in total. The molecule has 0 fully saturated rings. The van der Waals surface area contributed by atoms with E-state index >= 15 is 0 Å². The lowest BCUT2D eigenvalue weighted by atomic mass is 9.93. The first kappa shape index (κ1) is 21.1. The molecule has 1 unspecified atom stereocenters. The second-order valence-corrected chi connectivity index (χ2v) is 8.40. The number of sulfonamides is 1. The lowest BCUT2D eigenvalue weighted by Gasteiger charge is -2.30. The van der Waals surface area contributed by atoms with Crippen molar-refractivity contribution in [1.82, 2.24) is 4.31 Å². The van der Waals surface area contributed by atoms with Crippen LogP contribution in [0.1, 0.15) is 11.6 Å². The topological polar surface area (TPSA) is 61.2 Å². The smallest absolute Gasteiger partial charge is 0.207 e. The number of fused-ring (bicyclic) bond motifs is 1. The molecule has 0 saturated heterocycles. The van der Waals surface area contributed by atoms with Gasteiger partial charge >= 0.3 is 0 Å². The van der Waals surface area contributed by atoms with Gasteiger partial charge in [-0.2, -0.15) is 9.57 Å². The number of nitriles is 1. The van der Waals surface area contributed by atoms with Crippen molar-refractivity contribution in [2.24, 2.45) is 0 Å². The van der Waals surface area contributed by atoms with Gasteiger partial charge in [-0.3, -0.25) is 0 Å². The van der Waals surface area contributed by atoms with Gasteiger partial charge in [-0.15, -0.1) is 6.42 Å². The standard InChI is InChI=1S/C25H20N2O2S/c1-3-11-21(19-26)25(24-17-10-13-20-12-8-9-16-23(20)24)27(18-4-2)30(28,29)22-14-6-5-7-15-22/h2-3,5-17,25H,1,18H2/b21-11+. The van der Waals surface area contributed by atoms with Crippen LogP contribution >= 0.6 is 0 Å². The minimum Gasteiger partial charge on any atom is -0.207 e. The van der Waals surface area contributed by atoms with Gasteiger partial charge in [0.2, 0.25) is 10.0 Å². The van der Waals surface area contributed by atoms with E-state index in [9.17, 15) is 13.7 Å². The van der Waals surface area contributed by atoms with Gasteiger partial charge in [0.05, 0.1) is 29.1 Å². The third kappa shape index (κ3) is 4.04. The maximum Gasteiger partial charge on any atom is 0.244 e. The van der Waals surface area contributed by atoms with Crippen LogP contribution in [-0.2, 0) is 10.0 Å². The fourth-order valence-corrected chi connectivity index (χ4v) is 4.94. The van der Waals surface area contributed by atoms with E-state index in [1.165, 1.54) is 28.6 Å². The van der Waals surface area contributed by atoms with Crippen LogP contribution < -0.4 is 0 Å². The van der Waals surface area contributed by atoms with Crippen LogP contribution in [0.15, 0.2) is 102 Å². The van der Waals surface area contributed by atoms with E-state index in [2.05, 4.69) is 18.6 Å². The number of rotatable bonds is 7. The predicted octanol–water partition coefficient (Wildman–Crippen LogP) is 4.84. The van der Waals surface area contributed by atoms with Crippen LogP contribution in [-0.4, -0.2) is 19.3 Å². The van der Waals surface area contributed by atoms with E-state index in [4.69, 9.17) is 6.42 Å². The van der Waals surface area contributed by atoms with Gasteiger partial charge in [-0.25, -0.2) is 8.42 Å². The molecule has 3 rings (SSSR count). The molecule has 3 aromatic rings. The Hall–Kier alpha value is -3.64. The molecular weight excluding hydrogens is 392 g/mol. The van der Waals surface area contributed by atoms with Crippen molar-refractivity contribution in [2.75, 3.05) is 6.54 Å². The van der Waals surface area contributed by atoms with E-state index in [1.54, 1.807) is 18.2 Å². The zero-order chi connectivity index (χ0) is 21.6. The Morgan fingerprint density at radius 2 is 1.73 bits per heavy atom. The summed E-state index contributed by atoms with van der Waals surface area (Å²) < 4.78 is 28.3. The summed E-state index contributed by atoms with van der Waals surface area (Å²) >= 11 is 0. The highest BCUT2D eigenvalue weighted by molar-refractivity contribution is 7.89. The highest BCUT2D eigenvalue weighted by Gasteiger charge is 2.35. The van der Waals surface area contributed by atoms with Crippen molar-refractivity contribution in [3.8, 4) is 18.4 Å². The van der Waals surface area contributed by atoms with Gasteiger partial charge in [-0.05, 0) is 34.5 Å². The van der Waals surface area contributed by atoms with Gasteiger partial charge in [0, 0.05) is 0 Å². The summed E-state index contributed by atoms with van der Waals surface area (Å²) in [6.07, 6.45) is 8.57. The molecule has 148 valence electrons. The normalized spacial score (nSPS) is 12.8. The number of benzene rings is 3. The predicted molar refractivity (Wildman–Crippen MR) is 120 cm³/mol. The zero-order valence-corrected chi connectivity index (χ0v) is 17.1. The first-order valence-electron chi connectivity index (χ1n) is 9.25. The molecule has 0 aromatic heterocycles. The maximum absolute atomic E-state index is 13.6. The minimum atomic E-state index is -3.99. The molecule has 3 aromatic carbocycles. The lowest BCUT2D eigenvalue weighted by Crippen LogP contribution is -2.36. The molecule has 0 aliphatic heterocycles. The van der Waals surface area contributed by atoms with Gasteiger partial charge in [0.1, 0.15) is 0 Å². The van der Waals surface area contributed by atoms with Crippen LogP contribution in [0, 0.1) is 23.7 Å². The minimum absolute atomic E-state index is 0.112. The molecule has 1 atom stereocenters. The summed E-state index contributed by atoms with van der Waals surface area (Å²) in [5.41, 5.74) is 0.911. The Morgan fingerprint density at radius 3 is 2.40 bits per heavy atom. The van der Waals surface area contributed by atoms with Crippen LogP contribution in [0.25, 0.3) is 10.8 Å². The second kappa shape index (κ2) is 9.24. The van der Waals surface area contributed by atoms with E-state index in [1.807, 2.05) is 42.5 Å². The van der Waals surface area contributed by atoms with Crippen LogP contribution in [0.5, 0.6) is 0 Å². The molecule has 0 spiro atoms. The largest absolute Gasteiger partial charge is 0.244 e. The molecule has 0 aliphatic carbocycles. The quantitative estimate of drug-likeness (QED) is 0.317. The summed E-state index contributed by atoms with van der Waals surface area (Å²) in [6.45, 7) is 3.48. The highest BCUT2D eigenvalue weighted by Crippen LogP contribution is 2.36. The molecule has 30 heavy (non-hydrogen) atoms. The molecular formula is C25H20N2O2S. The number of allylic oxidation sites excluding steroid dienone is 2. The third-order valence-corrected chi connectivity index (χ3v) is 6.55. The number of hydrogen-bond acceptors (Lipinski definition) is 3. The first-order chi connectivity index (χ1) is 14.5. The van der Waals surface area contributed by atoms with E-state index < -0.39 is 16.1 Å². The van der Waals surface area contributed by atoms with E-state index in [0.29, 0.717) is 5.56 Å². The van der Waals surface area contributed by atoms with E-state index in [-0.39, 0.29) is 17.0 Å². The summed E-state index contributed by atoms with van der Waals surface area (Å²) in [5, 5.41) is 11.7. The average molecular weight is 413 g/mol. The van der Waals surface area contributed by atoms with Crippen molar-refractivity contribution in [2.45, 2.75) is 10.9 Å². The first-order valence-corrected chi connectivity index (χ1v) is 10.7. The summed E-state index contributed by atoms with van der Waals surface area (Å²) in [6, 6.07) is 22.6. The van der Waals surface area contributed by atoms with Crippen LogP contribution in [0.3, 0.4) is 0 Å². The molecule has 4 nitrogen and oxygen atoms in total. The zero-order valence-electron chi connectivity index (χ0n) is 16.3. The molecule has 0 bridgehead atoms. The summed E-state index contributed by atoms with van der Waals surface area (Å²) in [4.78, 5) is 0.112. The van der Waals surface area contributed by atoms with Crippen LogP contribution in [0.2, 0.25) is 0 Å². The van der Waals surface area contributed by atoms with Crippen molar-refractivity contribution in [3.05, 3.63) is 103 Å². The number of terminal acetylenes is 1. The van der Waals surface area contributed by atoms with Crippen LogP contribution in [0.4, 0.5) is 0 Å². The molecule has 0 heterocycles. The fraction of sp³-hybridized carbons (Fsp3) is 0.0800. The number of hydrogen-bond donors (Lipinski definition) is 0. The Morgan fingerprint density at radius 1 is 1.07 bits per heavy atom. The number of nitrogens with zero attached hydrogens (tertiary/aromatic N) is 2. The fourth-order valence-electron chi connectivity index (χ4n) is 3.42. The summed E-state index contributed by atoms with van der Waals surface area (Å²) in [5.74, 6) is 2.45. The van der Waals surface area contributed by atoms with Crippen molar-refractivity contribution >= 4 is 20.8 Å². The average Bonchev–Trinajstić information content (AvgIpc) is 2.78. The van der Waals surface area contributed by atoms with Gasteiger partial charge in [0.15, 0.2) is 0 Å². The third-order valence-electron chi connectivity index (χ3n) is 4.72. The molecule has 0 aliphatic rings. The van der Waals surface area contributed by atoms with Gasteiger partial charge in [0.25, 0.3) is 0 Å². The molecule has 0 radical (unpaired) electrons. The maximum atomic E-state index is 13.6. The molecule has 0 saturated carbocycles. The molecule has 5 heteroatoms. The Kier molecular flexibility index (Phi) is 6.49. The Balaban J connectivity index is 2.33. The van der Waals surface area contributed by atoms with Crippen molar-refractivity contribution in [1.29, 1.82) is 5.26 Å². The van der Waals surface area contributed by atoms with Crippen molar-refractivity contribution < 1.29 is 8.42 Å². The van der Waals surface area contributed by atoms with Gasteiger partial charge < -0.3 is 0 Å². The SMILES string of the molecule is C#CCN(C(/C(C#N)=C/C=C)c1cccc2ccccc12)S(=O)(=O)c1ccccc1. The van der Waals surface area contributed by atoms with Crippen molar-refractivity contribution in [3.63, 3.8) is 0 Å². The Bertz CT molecular complexity index is 1270. The Labute approximate surface area is 177 Å². The van der Waals surface area contributed by atoms with E-state index in [0.717, 1.165) is 10.8 Å². The lowest BCUT2D eigenvalue weighted by molar-refractivity contribution is 0.395. The molecule has 0 amide bonds. The summed E-state index contributed by atoms with van der Waals surface area (Å²) in [7, 11) is -3.99.